The van der Waals surface area contributed by atoms with E-state index in [0.717, 1.165) is 11.8 Å². The van der Waals surface area contributed by atoms with E-state index in [4.69, 9.17) is 13.3 Å². The van der Waals surface area contributed by atoms with Crippen LogP contribution in [0.5, 0.6) is 0 Å². The van der Waals surface area contributed by atoms with Gasteiger partial charge in [0.1, 0.15) is 0 Å². The molecule has 0 aliphatic rings. The summed E-state index contributed by atoms with van der Waals surface area (Å²) < 4.78 is 15.4. The lowest BCUT2D eigenvalue weighted by molar-refractivity contribution is 0.125. The van der Waals surface area contributed by atoms with Gasteiger partial charge in [-0.1, -0.05) is 0 Å². The summed E-state index contributed by atoms with van der Waals surface area (Å²) in [6.45, 7) is 0. The highest BCUT2D eigenvalue weighted by Crippen LogP contribution is 2.12. The summed E-state index contributed by atoms with van der Waals surface area (Å²) in [6.07, 6.45) is 0. The van der Waals surface area contributed by atoms with Crippen LogP contribution >= 0.6 is 12.6 Å². The molecule has 0 saturated carbocycles. The second kappa shape index (κ2) is 5.14. The molecule has 0 atom stereocenters. The van der Waals surface area contributed by atoms with E-state index in [-0.39, 0.29) is 0 Å². The first kappa shape index (κ1) is 10.4. The van der Waals surface area contributed by atoms with E-state index < -0.39 is 8.80 Å². The highest BCUT2D eigenvalue weighted by atomic mass is 32.1. The lowest BCUT2D eigenvalue weighted by atomic mass is 11.0. The zero-order chi connectivity index (χ0) is 8.04. The van der Waals surface area contributed by atoms with Gasteiger partial charge in [0.25, 0.3) is 0 Å². The summed E-state index contributed by atoms with van der Waals surface area (Å²) in [7, 11) is 2.51. The highest BCUT2D eigenvalue weighted by Gasteiger charge is 2.36. The van der Waals surface area contributed by atoms with Crippen LogP contribution in [0.2, 0.25) is 6.04 Å². The maximum Gasteiger partial charge on any atom is 0.500 e. The van der Waals surface area contributed by atoms with Crippen molar-refractivity contribution in [3.05, 3.63) is 0 Å². The average molecular weight is 182 g/mol. The molecule has 0 aliphatic heterocycles. The molecule has 0 aromatic rings. The predicted octanol–water partition coefficient (Wildman–Crippen LogP) is 0.794. The Morgan fingerprint density at radius 2 is 1.50 bits per heavy atom. The van der Waals surface area contributed by atoms with E-state index in [2.05, 4.69) is 12.6 Å². The number of rotatable bonds is 5. The highest BCUT2D eigenvalue weighted by molar-refractivity contribution is 7.80. The van der Waals surface area contributed by atoms with Gasteiger partial charge in [0.15, 0.2) is 0 Å². The third kappa shape index (κ3) is 2.59. The van der Waals surface area contributed by atoms with E-state index in [1.165, 1.54) is 0 Å². The molecule has 5 heteroatoms. The molecule has 0 fully saturated rings. The predicted molar refractivity (Wildman–Crippen MR) is 45.4 cm³/mol. The fourth-order valence-corrected chi connectivity index (χ4v) is 2.90. The number of hydrogen-bond acceptors (Lipinski definition) is 4. The van der Waals surface area contributed by atoms with Crippen LogP contribution in [-0.4, -0.2) is 35.9 Å². The van der Waals surface area contributed by atoms with Crippen molar-refractivity contribution in [3.8, 4) is 0 Å². The SMILES string of the molecule is CO[Si](CCS)(OC)OC. The Morgan fingerprint density at radius 1 is 1.10 bits per heavy atom. The second-order valence-corrected chi connectivity index (χ2v) is 5.31. The van der Waals surface area contributed by atoms with Gasteiger partial charge in [-0.05, 0) is 5.75 Å². The monoisotopic (exact) mass is 182 g/mol. The topological polar surface area (TPSA) is 27.7 Å². The van der Waals surface area contributed by atoms with Gasteiger partial charge in [-0.15, -0.1) is 0 Å². The first-order valence-corrected chi connectivity index (χ1v) is 5.57. The smallest absolute Gasteiger partial charge is 0.377 e. The Balaban J connectivity index is 3.87. The zero-order valence-electron chi connectivity index (χ0n) is 6.59. The Bertz CT molecular complexity index is 78.7. The van der Waals surface area contributed by atoms with Crippen LogP contribution in [0.25, 0.3) is 0 Å². The zero-order valence-corrected chi connectivity index (χ0v) is 8.48. The van der Waals surface area contributed by atoms with Gasteiger partial charge in [0, 0.05) is 27.4 Å². The van der Waals surface area contributed by atoms with E-state index in [0.29, 0.717) is 0 Å². The number of hydrogen-bond donors (Lipinski definition) is 1. The van der Waals surface area contributed by atoms with Gasteiger partial charge in [-0.2, -0.15) is 12.6 Å². The molecule has 0 aliphatic carbocycles. The van der Waals surface area contributed by atoms with Crippen molar-refractivity contribution in [2.75, 3.05) is 27.1 Å². The minimum Gasteiger partial charge on any atom is -0.377 e. The van der Waals surface area contributed by atoms with Crippen LogP contribution in [0.1, 0.15) is 0 Å². The lowest BCUT2D eigenvalue weighted by Crippen LogP contribution is -2.42. The first-order chi connectivity index (χ1) is 4.74. The van der Waals surface area contributed by atoms with Gasteiger partial charge in [0.2, 0.25) is 0 Å². The van der Waals surface area contributed by atoms with Crippen LogP contribution < -0.4 is 0 Å². The van der Waals surface area contributed by atoms with Gasteiger partial charge < -0.3 is 13.3 Å². The average Bonchev–Trinajstić information content (AvgIpc) is 2.01. The van der Waals surface area contributed by atoms with Gasteiger partial charge in [-0.25, -0.2) is 0 Å². The molecule has 0 N–H and O–H groups in total. The Labute approximate surface area is 68.4 Å². The molecule has 0 aromatic heterocycles. The number of thiol groups is 1. The molecule has 0 spiro atoms. The third-order valence-corrected chi connectivity index (χ3v) is 4.72. The summed E-state index contributed by atoms with van der Waals surface area (Å²) >= 11 is 4.07. The van der Waals surface area contributed by atoms with Gasteiger partial charge in [-0.3, -0.25) is 0 Å². The van der Waals surface area contributed by atoms with Crippen LogP contribution in [-0.2, 0) is 13.3 Å². The molecule has 0 saturated heterocycles. The molecule has 0 amide bonds. The maximum atomic E-state index is 5.12. The van der Waals surface area contributed by atoms with Crippen LogP contribution in [0.3, 0.4) is 0 Å². The van der Waals surface area contributed by atoms with Crippen molar-refractivity contribution in [2.45, 2.75) is 6.04 Å². The largest absolute Gasteiger partial charge is 0.500 e. The Morgan fingerprint density at radius 3 is 1.60 bits per heavy atom. The van der Waals surface area contributed by atoms with E-state index in [1.54, 1.807) is 21.3 Å². The lowest BCUT2D eigenvalue weighted by Gasteiger charge is -2.23. The molecule has 0 aromatic carbocycles. The summed E-state index contributed by atoms with van der Waals surface area (Å²) in [5.74, 6) is 0.724. The summed E-state index contributed by atoms with van der Waals surface area (Å²) in [4.78, 5) is 0. The molecule has 0 radical (unpaired) electrons. The van der Waals surface area contributed by atoms with Crippen LogP contribution in [0.4, 0.5) is 0 Å². The first-order valence-electron chi connectivity index (χ1n) is 3.01. The maximum absolute atomic E-state index is 5.12. The minimum atomic E-state index is -2.29. The summed E-state index contributed by atoms with van der Waals surface area (Å²) in [6, 6.07) is 0.750. The molecular weight excluding hydrogens is 168 g/mol. The summed E-state index contributed by atoms with van der Waals surface area (Å²) in [5, 5.41) is 0. The van der Waals surface area contributed by atoms with E-state index >= 15 is 0 Å². The van der Waals surface area contributed by atoms with Crippen molar-refractivity contribution < 1.29 is 13.3 Å². The molecular formula is C5H14O3SSi. The van der Waals surface area contributed by atoms with Crippen LogP contribution in [0.15, 0.2) is 0 Å². The Kier molecular flexibility index (Phi) is 5.37. The van der Waals surface area contributed by atoms with Gasteiger partial charge in [0.05, 0.1) is 0 Å². The third-order valence-electron chi connectivity index (χ3n) is 1.35. The molecule has 0 unspecified atom stereocenters. The minimum absolute atomic E-state index is 0.724. The van der Waals surface area contributed by atoms with E-state index in [1.807, 2.05) is 0 Å². The summed E-state index contributed by atoms with van der Waals surface area (Å²) in [5.41, 5.74) is 0. The fourth-order valence-electron chi connectivity index (χ4n) is 0.693. The molecule has 62 valence electrons. The normalized spacial score (nSPS) is 12.0. The van der Waals surface area contributed by atoms with Crippen molar-refractivity contribution >= 4 is 21.4 Å². The molecule has 0 heterocycles. The van der Waals surface area contributed by atoms with E-state index in [9.17, 15) is 0 Å². The van der Waals surface area contributed by atoms with Crippen molar-refractivity contribution in [2.24, 2.45) is 0 Å². The van der Waals surface area contributed by atoms with Crippen molar-refractivity contribution in [1.82, 2.24) is 0 Å². The van der Waals surface area contributed by atoms with Crippen molar-refractivity contribution in [3.63, 3.8) is 0 Å². The molecule has 0 bridgehead atoms. The molecule has 3 nitrogen and oxygen atoms in total. The second-order valence-electron chi connectivity index (χ2n) is 1.77. The molecule has 10 heavy (non-hydrogen) atoms. The molecule has 0 rings (SSSR count). The Hall–Kier alpha value is 0.447. The van der Waals surface area contributed by atoms with Crippen molar-refractivity contribution in [1.29, 1.82) is 0 Å². The fraction of sp³-hybridized carbons (Fsp3) is 1.00. The standard InChI is InChI=1S/C5H14O3SSi/c1-6-10(7-2,8-3)5-4-9/h9H,4-5H2,1-3H3. The van der Waals surface area contributed by atoms with Gasteiger partial charge >= 0.3 is 8.80 Å². The van der Waals surface area contributed by atoms with Crippen LogP contribution in [0, 0.1) is 0 Å². The quantitative estimate of drug-likeness (QED) is 0.503.